The number of carbonyl (C=O) groups is 2. The van der Waals surface area contributed by atoms with Crippen molar-refractivity contribution in [1.29, 1.82) is 0 Å². The van der Waals surface area contributed by atoms with Gasteiger partial charge in [0.15, 0.2) is 0 Å². The zero-order valence-electron chi connectivity index (χ0n) is 20.5. The molecule has 174 valence electrons. The summed E-state index contributed by atoms with van der Waals surface area (Å²) >= 11 is 0. The average molecular weight is 431 g/mol. The van der Waals surface area contributed by atoms with Crippen LogP contribution in [0.1, 0.15) is 104 Å². The van der Waals surface area contributed by atoms with Gasteiger partial charge in [-0.05, 0) is 46.8 Å². The van der Waals surface area contributed by atoms with E-state index in [0.717, 1.165) is 42.4 Å². The van der Waals surface area contributed by atoms with Crippen LogP contribution >= 0.6 is 0 Å². The van der Waals surface area contributed by atoms with Crippen molar-refractivity contribution >= 4 is 11.8 Å². The molecule has 1 rings (SSSR count). The van der Waals surface area contributed by atoms with Crippen LogP contribution in [0.5, 0.6) is 5.75 Å². The second kappa shape index (κ2) is 11.4. The van der Waals surface area contributed by atoms with Crippen LogP contribution in [0.15, 0.2) is 23.9 Å². The van der Waals surface area contributed by atoms with Gasteiger partial charge in [0.2, 0.25) is 11.8 Å². The van der Waals surface area contributed by atoms with Crippen LogP contribution in [0.3, 0.4) is 0 Å². The molecular weight excluding hydrogens is 388 g/mol. The van der Waals surface area contributed by atoms with Crippen molar-refractivity contribution < 1.29 is 14.7 Å². The number of nitrogens with one attached hydrogen (secondary N) is 1. The lowest BCUT2D eigenvalue weighted by atomic mass is 9.78. The van der Waals surface area contributed by atoms with Crippen LogP contribution in [0.2, 0.25) is 0 Å². The molecule has 0 aliphatic rings. The van der Waals surface area contributed by atoms with Crippen molar-refractivity contribution in [3.05, 3.63) is 40.6 Å². The molecule has 0 fully saturated rings. The Hall–Kier alpha value is -2.30. The number of phenolic OH excluding ortho intramolecular Hbond substituents is 1. The highest BCUT2D eigenvalue weighted by atomic mass is 16.3. The number of primary amides is 1. The van der Waals surface area contributed by atoms with E-state index >= 15 is 0 Å². The maximum Gasteiger partial charge on any atom is 0.246 e. The number of nitrogens with two attached hydrogens (primary N) is 1. The molecule has 0 atom stereocenters. The lowest BCUT2D eigenvalue weighted by Gasteiger charge is -2.28. The summed E-state index contributed by atoms with van der Waals surface area (Å²) in [5.41, 5.74) is 8.28. The predicted octanol–water partition coefficient (Wildman–Crippen LogP) is 5.38. The maximum absolute atomic E-state index is 12.4. The number of carbonyl (C=O) groups excluding carboxylic acids is 2. The van der Waals surface area contributed by atoms with Crippen LogP contribution in [-0.4, -0.2) is 16.9 Å². The molecule has 0 heterocycles. The largest absolute Gasteiger partial charge is 0.507 e. The molecule has 5 heteroatoms. The summed E-state index contributed by atoms with van der Waals surface area (Å²) in [6.45, 7) is 14.6. The predicted molar refractivity (Wildman–Crippen MR) is 128 cm³/mol. The minimum atomic E-state index is -0.486. The Kier molecular flexibility index (Phi) is 9.79. The number of phenols is 1. The van der Waals surface area contributed by atoms with Gasteiger partial charge in [-0.3, -0.25) is 9.59 Å². The molecule has 0 radical (unpaired) electrons. The molecule has 0 aromatic heterocycles. The maximum atomic E-state index is 12.4. The second-order valence-corrected chi connectivity index (χ2v) is 10.5. The molecule has 4 N–H and O–H groups in total. The summed E-state index contributed by atoms with van der Waals surface area (Å²) in [4.78, 5) is 24.0. The van der Waals surface area contributed by atoms with Gasteiger partial charge in [0.05, 0.1) is 0 Å². The Bertz CT molecular complexity index is 761. The number of benzene rings is 1. The standard InChI is InChI=1S/C26H42N2O3/c1-8-9-10-11-12-19(24(27)31)17-28-22(29)14-13-18-15-20(25(2,3)4)23(30)21(16-18)26(5,6)7/h15-17,30H,8-14H2,1-7H3,(H2,27,31)(H,28,29). The summed E-state index contributed by atoms with van der Waals surface area (Å²) in [6.07, 6.45) is 7.06. The van der Waals surface area contributed by atoms with E-state index in [-0.39, 0.29) is 23.2 Å². The third-order valence-electron chi connectivity index (χ3n) is 5.45. The van der Waals surface area contributed by atoms with E-state index in [0.29, 0.717) is 24.2 Å². The first-order valence-corrected chi connectivity index (χ1v) is 11.4. The normalized spacial score (nSPS) is 12.7. The zero-order valence-corrected chi connectivity index (χ0v) is 20.5. The van der Waals surface area contributed by atoms with Gasteiger partial charge in [-0.2, -0.15) is 0 Å². The van der Waals surface area contributed by atoms with Gasteiger partial charge in [-0.25, -0.2) is 0 Å². The first-order chi connectivity index (χ1) is 14.3. The molecule has 0 aliphatic carbocycles. The quantitative estimate of drug-likeness (QED) is 0.344. The number of hydrogen-bond acceptors (Lipinski definition) is 3. The van der Waals surface area contributed by atoms with Gasteiger partial charge in [-0.1, -0.05) is 79.9 Å². The zero-order chi connectivity index (χ0) is 23.8. The number of unbranched alkanes of at least 4 members (excludes halogenated alkanes) is 3. The Morgan fingerprint density at radius 2 is 1.52 bits per heavy atom. The Morgan fingerprint density at radius 3 is 1.97 bits per heavy atom. The van der Waals surface area contributed by atoms with Gasteiger partial charge < -0.3 is 16.2 Å². The third kappa shape index (κ3) is 8.76. The van der Waals surface area contributed by atoms with Crippen LogP contribution in [0.4, 0.5) is 0 Å². The number of aryl methyl sites for hydroxylation is 1. The average Bonchev–Trinajstić information content (AvgIpc) is 2.64. The molecule has 0 saturated heterocycles. The van der Waals surface area contributed by atoms with E-state index in [1.807, 2.05) is 12.1 Å². The number of rotatable bonds is 10. The van der Waals surface area contributed by atoms with E-state index in [2.05, 4.69) is 53.8 Å². The summed E-state index contributed by atoms with van der Waals surface area (Å²) in [5.74, 6) is -0.305. The molecule has 0 unspecified atom stereocenters. The molecule has 1 aromatic carbocycles. The molecule has 1 aromatic rings. The molecule has 0 spiro atoms. The smallest absolute Gasteiger partial charge is 0.246 e. The first kappa shape index (κ1) is 26.7. The number of hydrogen-bond donors (Lipinski definition) is 3. The van der Waals surface area contributed by atoms with Crippen molar-refractivity contribution in [3.8, 4) is 5.75 Å². The fourth-order valence-electron chi connectivity index (χ4n) is 3.49. The molecular formula is C26H42N2O3. The highest BCUT2D eigenvalue weighted by Gasteiger charge is 2.26. The van der Waals surface area contributed by atoms with Gasteiger partial charge in [0.1, 0.15) is 5.75 Å². The summed E-state index contributed by atoms with van der Waals surface area (Å²) in [6, 6.07) is 3.99. The second-order valence-electron chi connectivity index (χ2n) is 10.5. The molecule has 5 nitrogen and oxygen atoms in total. The molecule has 2 amide bonds. The molecule has 0 bridgehead atoms. The SMILES string of the molecule is CCCCCCC(=CNC(=O)CCc1cc(C(C)(C)C)c(O)c(C(C)(C)C)c1)C(N)=O. The van der Waals surface area contributed by atoms with E-state index in [1.54, 1.807) is 0 Å². The summed E-state index contributed by atoms with van der Waals surface area (Å²) < 4.78 is 0. The highest BCUT2D eigenvalue weighted by molar-refractivity contribution is 5.92. The van der Waals surface area contributed by atoms with E-state index in [4.69, 9.17) is 5.73 Å². The minimum absolute atomic E-state index is 0.157. The lowest BCUT2D eigenvalue weighted by molar-refractivity contribution is -0.120. The summed E-state index contributed by atoms with van der Waals surface area (Å²) in [7, 11) is 0. The minimum Gasteiger partial charge on any atom is -0.507 e. The van der Waals surface area contributed by atoms with Crippen molar-refractivity contribution in [1.82, 2.24) is 5.32 Å². The topological polar surface area (TPSA) is 92.4 Å². The van der Waals surface area contributed by atoms with Crippen molar-refractivity contribution in [3.63, 3.8) is 0 Å². The molecule has 0 saturated carbocycles. The van der Waals surface area contributed by atoms with Crippen molar-refractivity contribution in [2.75, 3.05) is 0 Å². The van der Waals surface area contributed by atoms with Crippen molar-refractivity contribution in [2.24, 2.45) is 5.73 Å². The Morgan fingerprint density at radius 1 is 0.968 bits per heavy atom. The van der Waals surface area contributed by atoms with E-state index < -0.39 is 5.91 Å². The number of aromatic hydroxyl groups is 1. The third-order valence-corrected chi connectivity index (χ3v) is 5.45. The lowest BCUT2D eigenvalue weighted by Crippen LogP contribution is -2.22. The monoisotopic (exact) mass is 430 g/mol. The van der Waals surface area contributed by atoms with E-state index in [9.17, 15) is 14.7 Å². The Labute approximate surface area is 188 Å². The Balaban J connectivity index is 2.89. The van der Waals surface area contributed by atoms with Gasteiger partial charge in [0, 0.05) is 18.2 Å². The fraction of sp³-hybridized carbons (Fsp3) is 0.615. The van der Waals surface area contributed by atoms with Gasteiger partial charge in [-0.15, -0.1) is 0 Å². The van der Waals surface area contributed by atoms with Crippen molar-refractivity contribution in [2.45, 2.75) is 104 Å². The molecule has 0 aliphatic heterocycles. The number of amides is 2. The van der Waals surface area contributed by atoms with E-state index in [1.165, 1.54) is 6.20 Å². The van der Waals surface area contributed by atoms with Crippen LogP contribution < -0.4 is 11.1 Å². The van der Waals surface area contributed by atoms with Gasteiger partial charge >= 0.3 is 0 Å². The summed E-state index contributed by atoms with van der Waals surface area (Å²) in [5, 5.41) is 13.6. The van der Waals surface area contributed by atoms with Gasteiger partial charge in [0.25, 0.3) is 0 Å². The highest BCUT2D eigenvalue weighted by Crippen LogP contribution is 2.39. The molecule has 31 heavy (non-hydrogen) atoms. The fourth-order valence-corrected chi connectivity index (χ4v) is 3.49. The van der Waals surface area contributed by atoms with Crippen LogP contribution in [0.25, 0.3) is 0 Å². The van der Waals surface area contributed by atoms with Crippen LogP contribution in [-0.2, 0) is 26.8 Å². The van der Waals surface area contributed by atoms with Crippen LogP contribution in [0, 0.1) is 0 Å². The first-order valence-electron chi connectivity index (χ1n) is 11.4.